The quantitative estimate of drug-likeness (QED) is 0.187. The molecule has 51 heavy (non-hydrogen) atoms. The molecule has 2 aliphatic rings. The molecule has 0 atom stereocenters. The highest BCUT2D eigenvalue weighted by Crippen LogP contribution is 2.56. The molecule has 6 aromatic carbocycles. The summed E-state index contributed by atoms with van der Waals surface area (Å²) in [5.74, 6) is 2.01. The first-order valence-corrected chi connectivity index (χ1v) is 18.5. The first kappa shape index (κ1) is 29.9. The molecule has 8 aromatic rings. The van der Waals surface area contributed by atoms with Gasteiger partial charge in [0.15, 0.2) is 17.5 Å². The number of thiophene rings is 1. The molecule has 10 rings (SSSR count). The summed E-state index contributed by atoms with van der Waals surface area (Å²) in [6, 6.07) is 49.5. The van der Waals surface area contributed by atoms with Gasteiger partial charge in [-0.25, -0.2) is 15.0 Å². The fourth-order valence-corrected chi connectivity index (χ4v) is 9.71. The van der Waals surface area contributed by atoms with Crippen LogP contribution < -0.4 is 0 Å². The van der Waals surface area contributed by atoms with Crippen molar-refractivity contribution in [2.24, 2.45) is 0 Å². The number of nitrogens with zero attached hydrogens (tertiary/aromatic N) is 4. The molecule has 1 saturated carbocycles. The summed E-state index contributed by atoms with van der Waals surface area (Å²) >= 11 is 1.80. The van der Waals surface area contributed by atoms with Crippen molar-refractivity contribution in [2.45, 2.75) is 37.5 Å². The highest BCUT2D eigenvalue weighted by atomic mass is 32.1. The molecule has 0 radical (unpaired) electrons. The van der Waals surface area contributed by atoms with E-state index in [1.54, 1.807) is 11.3 Å². The molecule has 2 aromatic heterocycles. The molecule has 2 aliphatic carbocycles. The highest BCUT2D eigenvalue weighted by Gasteiger charge is 2.44. The molecule has 0 unspecified atom stereocenters. The van der Waals surface area contributed by atoms with Gasteiger partial charge in [-0.1, -0.05) is 116 Å². The third-order valence-electron chi connectivity index (χ3n) is 11.0. The summed E-state index contributed by atoms with van der Waals surface area (Å²) < 4.78 is 2.41. The minimum atomic E-state index is -0.0123. The van der Waals surface area contributed by atoms with Crippen LogP contribution >= 0.6 is 11.3 Å². The van der Waals surface area contributed by atoms with E-state index < -0.39 is 0 Å². The second-order valence-electron chi connectivity index (χ2n) is 13.8. The smallest absolute Gasteiger partial charge is 0.165 e. The number of hydrogen-bond donors (Lipinski definition) is 0. The normalized spacial score (nSPS) is 14.4. The summed E-state index contributed by atoms with van der Waals surface area (Å²) in [6.45, 7) is 0. The Kier molecular flexibility index (Phi) is 6.94. The fourth-order valence-electron chi connectivity index (χ4n) is 8.52. The number of nitriles is 1. The molecule has 0 aliphatic heterocycles. The van der Waals surface area contributed by atoms with Crippen LogP contribution in [0.4, 0.5) is 0 Å². The monoisotopic (exact) mass is 672 g/mol. The maximum absolute atomic E-state index is 9.75. The van der Waals surface area contributed by atoms with Gasteiger partial charge in [-0.3, -0.25) is 0 Å². The van der Waals surface area contributed by atoms with E-state index in [4.69, 9.17) is 15.0 Å². The summed E-state index contributed by atoms with van der Waals surface area (Å²) in [4.78, 5) is 15.0. The van der Waals surface area contributed by atoms with Crippen molar-refractivity contribution in [2.75, 3.05) is 0 Å². The van der Waals surface area contributed by atoms with Gasteiger partial charge in [0.1, 0.15) is 0 Å². The second kappa shape index (κ2) is 11.8. The minimum absolute atomic E-state index is 0.0123. The fraction of sp³-hybridized carbons (Fsp3) is 0.130. The average Bonchev–Trinajstić information content (AvgIpc) is 3.70. The average molecular weight is 673 g/mol. The van der Waals surface area contributed by atoms with E-state index in [1.807, 2.05) is 66.7 Å². The molecule has 242 valence electrons. The Morgan fingerprint density at radius 3 is 1.84 bits per heavy atom. The van der Waals surface area contributed by atoms with Crippen LogP contribution in [0.2, 0.25) is 0 Å². The Morgan fingerprint density at radius 1 is 0.510 bits per heavy atom. The molecular weight excluding hydrogens is 641 g/mol. The number of fused-ring (bicyclic) bond motifs is 8. The van der Waals surface area contributed by atoms with Crippen LogP contribution in [0.5, 0.6) is 0 Å². The van der Waals surface area contributed by atoms with Crippen molar-refractivity contribution < 1.29 is 0 Å². The molecular formula is C46H32N4S. The Balaban J connectivity index is 1.10. The van der Waals surface area contributed by atoms with E-state index in [1.165, 1.54) is 72.8 Å². The maximum atomic E-state index is 9.75. The van der Waals surface area contributed by atoms with Gasteiger partial charge in [-0.15, -0.1) is 11.3 Å². The summed E-state index contributed by atoms with van der Waals surface area (Å²) in [6.07, 6.45) is 5.99. The van der Waals surface area contributed by atoms with E-state index in [0.29, 0.717) is 17.5 Å². The molecule has 1 spiro atoms. The third-order valence-corrected chi connectivity index (χ3v) is 12.2. The van der Waals surface area contributed by atoms with Gasteiger partial charge in [-0.2, -0.15) is 5.26 Å². The number of aromatic nitrogens is 3. The van der Waals surface area contributed by atoms with Gasteiger partial charge in [0.05, 0.1) is 11.6 Å². The summed E-state index contributed by atoms with van der Waals surface area (Å²) in [5.41, 5.74) is 11.5. The first-order valence-electron chi connectivity index (χ1n) is 17.7. The van der Waals surface area contributed by atoms with Crippen LogP contribution in [0.1, 0.15) is 48.8 Å². The van der Waals surface area contributed by atoms with Gasteiger partial charge in [0, 0.05) is 42.3 Å². The van der Waals surface area contributed by atoms with Crippen LogP contribution in [0.25, 0.3) is 76.6 Å². The predicted octanol–water partition coefficient (Wildman–Crippen LogP) is 12.0. The molecule has 4 nitrogen and oxygen atoms in total. The lowest BCUT2D eigenvalue weighted by Crippen LogP contribution is -2.28. The molecule has 1 fully saturated rings. The van der Waals surface area contributed by atoms with Crippen molar-refractivity contribution >= 4 is 31.5 Å². The topological polar surface area (TPSA) is 62.5 Å². The number of hydrogen-bond acceptors (Lipinski definition) is 5. The standard InChI is InChI=1S/C46H32N4S/c47-28-29-17-20-34-35-21-18-33(27-40(35)46(39(34)25-29)23-8-3-9-24-46)32-19-22-41-38(26-32)36-15-10-16-37(42(36)51-41)45-49-43(30-11-4-1-5-12-30)48-44(50-45)31-13-6-2-7-14-31/h1-2,4-7,10-22,25-27H,3,8-9,23-24H2. The van der Waals surface area contributed by atoms with Crippen LogP contribution in [0, 0.1) is 11.3 Å². The second-order valence-corrected chi connectivity index (χ2v) is 14.9. The summed E-state index contributed by atoms with van der Waals surface area (Å²) in [5, 5.41) is 12.2. The highest BCUT2D eigenvalue weighted by molar-refractivity contribution is 7.26. The Bertz CT molecular complexity index is 2620. The number of rotatable bonds is 4. The van der Waals surface area contributed by atoms with Gasteiger partial charge in [0.25, 0.3) is 0 Å². The van der Waals surface area contributed by atoms with Crippen molar-refractivity contribution in [3.63, 3.8) is 0 Å². The van der Waals surface area contributed by atoms with E-state index in [2.05, 4.69) is 72.8 Å². The third kappa shape index (κ3) is 4.82. The van der Waals surface area contributed by atoms with Crippen molar-refractivity contribution in [3.05, 3.63) is 150 Å². The lowest BCUT2D eigenvalue weighted by atomic mass is 9.67. The minimum Gasteiger partial charge on any atom is -0.208 e. The van der Waals surface area contributed by atoms with Crippen LogP contribution in [-0.2, 0) is 5.41 Å². The maximum Gasteiger partial charge on any atom is 0.165 e. The molecule has 0 N–H and O–H groups in total. The lowest BCUT2D eigenvalue weighted by Gasteiger charge is -2.36. The zero-order valence-corrected chi connectivity index (χ0v) is 28.8. The van der Waals surface area contributed by atoms with E-state index >= 15 is 0 Å². The van der Waals surface area contributed by atoms with Gasteiger partial charge < -0.3 is 0 Å². The van der Waals surface area contributed by atoms with Gasteiger partial charge in [0.2, 0.25) is 0 Å². The Labute approximate surface area is 300 Å². The van der Waals surface area contributed by atoms with E-state index in [-0.39, 0.29) is 5.41 Å². The van der Waals surface area contributed by atoms with Gasteiger partial charge >= 0.3 is 0 Å². The van der Waals surface area contributed by atoms with Crippen LogP contribution in [0.15, 0.2) is 133 Å². The largest absolute Gasteiger partial charge is 0.208 e. The van der Waals surface area contributed by atoms with E-state index in [9.17, 15) is 5.26 Å². The number of benzene rings is 6. The Hall–Kier alpha value is -5.96. The van der Waals surface area contributed by atoms with Gasteiger partial charge in [-0.05, 0) is 82.6 Å². The zero-order chi connectivity index (χ0) is 33.9. The predicted molar refractivity (Wildman–Crippen MR) is 208 cm³/mol. The summed E-state index contributed by atoms with van der Waals surface area (Å²) in [7, 11) is 0. The van der Waals surface area contributed by atoms with Crippen molar-refractivity contribution in [1.82, 2.24) is 15.0 Å². The lowest BCUT2D eigenvalue weighted by molar-refractivity contribution is 0.353. The van der Waals surface area contributed by atoms with Crippen LogP contribution in [-0.4, -0.2) is 15.0 Å². The SMILES string of the molecule is N#Cc1ccc2c(c1)C1(CCCCC1)c1cc(-c3ccc4sc5c(-c6nc(-c7ccccc7)nc(-c7ccccc7)n6)cccc5c4c3)ccc1-2. The molecule has 0 bridgehead atoms. The van der Waals surface area contributed by atoms with Crippen molar-refractivity contribution in [3.8, 4) is 62.5 Å². The van der Waals surface area contributed by atoms with Crippen molar-refractivity contribution in [1.29, 1.82) is 5.26 Å². The molecule has 5 heteroatoms. The molecule has 0 amide bonds. The Morgan fingerprint density at radius 2 is 1.14 bits per heavy atom. The van der Waals surface area contributed by atoms with Crippen LogP contribution in [0.3, 0.4) is 0 Å². The first-order chi connectivity index (χ1) is 25.2. The molecule has 0 saturated heterocycles. The zero-order valence-electron chi connectivity index (χ0n) is 27.9. The molecule has 2 heterocycles. The van der Waals surface area contributed by atoms with E-state index in [0.717, 1.165) is 35.1 Å².